The normalized spacial score (nSPS) is 13.6. The molecule has 2 aromatic rings. The molecular formula is C20H26ClN7O4S. The predicted molar refractivity (Wildman–Crippen MR) is 127 cm³/mol. The Morgan fingerprint density at radius 1 is 1.09 bits per heavy atom. The van der Waals surface area contributed by atoms with E-state index in [1.54, 1.807) is 6.07 Å². The van der Waals surface area contributed by atoms with Gasteiger partial charge < -0.3 is 5.84 Å². The molecule has 11 nitrogen and oxygen atoms in total. The number of nitrogens with zero attached hydrogens (tertiary/aromatic N) is 1. The number of benzene rings is 2. The van der Waals surface area contributed by atoms with Gasteiger partial charge in [0.25, 0.3) is 0 Å². The first-order valence-corrected chi connectivity index (χ1v) is 12.0. The van der Waals surface area contributed by atoms with Crippen molar-refractivity contribution in [3.8, 4) is 11.1 Å². The van der Waals surface area contributed by atoms with Crippen LogP contribution in [0.4, 0.5) is 0 Å². The van der Waals surface area contributed by atoms with Crippen molar-refractivity contribution in [3.63, 3.8) is 0 Å². The number of carbonyl (C=O) groups is 2. The topological polar surface area (TPSA) is 181 Å². The van der Waals surface area contributed by atoms with Crippen LogP contribution in [0.15, 0.2) is 53.6 Å². The number of hydrogen-bond acceptors (Lipinski definition) is 8. The third kappa shape index (κ3) is 8.35. The molecular weight excluding hydrogens is 470 g/mol. The van der Waals surface area contributed by atoms with Gasteiger partial charge in [-0.15, -0.1) is 5.10 Å². The van der Waals surface area contributed by atoms with Gasteiger partial charge >= 0.3 is 0 Å². The lowest BCUT2D eigenvalue weighted by molar-refractivity contribution is -0.123. The molecule has 2 aromatic carbocycles. The van der Waals surface area contributed by atoms with Crippen LogP contribution >= 0.6 is 11.6 Å². The molecule has 0 fully saturated rings. The summed E-state index contributed by atoms with van der Waals surface area (Å²) in [5, 5.41) is 9.14. The van der Waals surface area contributed by atoms with Crippen LogP contribution in [-0.2, 0) is 26.0 Å². The van der Waals surface area contributed by atoms with Crippen molar-refractivity contribution in [2.24, 2.45) is 16.8 Å². The number of halogens is 1. The molecule has 0 aliphatic rings. The molecule has 0 bridgehead atoms. The number of amides is 2. The van der Waals surface area contributed by atoms with Crippen LogP contribution in [0.5, 0.6) is 0 Å². The summed E-state index contributed by atoms with van der Waals surface area (Å²) in [6.45, 7) is 1.43. The quantitative estimate of drug-likeness (QED) is 0.126. The maximum absolute atomic E-state index is 12.8. The van der Waals surface area contributed by atoms with Crippen LogP contribution in [0.2, 0.25) is 5.02 Å². The van der Waals surface area contributed by atoms with Gasteiger partial charge in [0.15, 0.2) is 0 Å². The average Bonchev–Trinajstić information content (AvgIpc) is 2.76. The number of nitrogens with two attached hydrogens (primary N) is 2. The Morgan fingerprint density at radius 2 is 1.76 bits per heavy atom. The summed E-state index contributed by atoms with van der Waals surface area (Å²) in [7, 11) is -3.76. The van der Waals surface area contributed by atoms with E-state index in [-0.39, 0.29) is 12.4 Å². The number of hydrogen-bond donors (Lipinski definition) is 6. The summed E-state index contributed by atoms with van der Waals surface area (Å²) >= 11 is 6.05. The number of nitrogens with one attached hydrogen (secondary N) is 4. The minimum Gasteiger partial charge on any atom is -0.320 e. The van der Waals surface area contributed by atoms with Crippen molar-refractivity contribution in [3.05, 3.63) is 59.1 Å². The molecule has 0 aliphatic carbocycles. The van der Waals surface area contributed by atoms with E-state index in [2.05, 4.69) is 21.2 Å². The molecule has 0 radical (unpaired) electrons. The second-order valence-electron chi connectivity index (χ2n) is 7.20. The molecule has 2 unspecified atom stereocenters. The van der Waals surface area contributed by atoms with E-state index in [4.69, 9.17) is 23.3 Å². The van der Waals surface area contributed by atoms with Crippen LogP contribution in [0.3, 0.4) is 0 Å². The molecule has 0 aliphatic heterocycles. The van der Waals surface area contributed by atoms with Gasteiger partial charge in [-0.2, -0.15) is 0 Å². The summed E-state index contributed by atoms with van der Waals surface area (Å²) in [4.78, 5) is 24.9. The number of hydrazine groups is 1. The van der Waals surface area contributed by atoms with E-state index >= 15 is 0 Å². The molecule has 0 aromatic heterocycles. The lowest BCUT2D eigenvalue weighted by atomic mass is 10.00. The van der Waals surface area contributed by atoms with E-state index in [1.165, 1.54) is 6.92 Å². The average molecular weight is 496 g/mol. The van der Waals surface area contributed by atoms with Gasteiger partial charge in [0.2, 0.25) is 27.8 Å². The van der Waals surface area contributed by atoms with E-state index in [0.29, 0.717) is 5.02 Å². The maximum atomic E-state index is 12.8. The van der Waals surface area contributed by atoms with Gasteiger partial charge in [0, 0.05) is 5.02 Å². The molecule has 8 N–H and O–H groups in total. The number of sulfonamides is 1. The molecule has 0 saturated heterocycles. The summed E-state index contributed by atoms with van der Waals surface area (Å²) in [5.74, 6) is 8.82. The Labute approximate surface area is 197 Å². The van der Waals surface area contributed by atoms with Gasteiger partial charge in [0.1, 0.15) is 0 Å². The smallest absolute Gasteiger partial charge is 0.250 e. The molecule has 0 heterocycles. The van der Waals surface area contributed by atoms with Crippen molar-refractivity contribution in [1.29, 1.82) is 0 Å². The fourth-order valence-corrected chi connectivity index (χ4v) is 3.65. The van der Waals surface area contributed by atoms with Crippen molar-refractivity contribution < 1.29 is 18.0 Å². The van der Waals surface area contributed by atoms with Gasteiger partial charge in [-0.25, -0.2) is 14.3 Å². The van der Waals surface area contributed by atoms with E-state index in [1.807, 2.05) is 47.2 Å². The van der Waals surface area contributed by atoms with Crippen LogP contribution in [0.25, 0.3) is 11.1 Å². The number of guanidine groups is 1. The summed E-state index contributed by atoms with van der Waals surface area (Å²) in [5.41, 5.74) is 4.78. The Hall–Kier alpha value is -3.19. The fraction of sp³-hybridized carbons (Fsp3) is 0.250. The van der Waals surface area contributed by atoms with Gasteiger partial charge in [-0.3, -0.25) is 30.4 Å². The highest BCUT2D eigenvalue weighted by Gasteiger charge is 2.26. The zero-order chi connectivity index (χ0) is 24.6. The fourth-order valence-electron chi connectivity index (χ4n) is 2.92. The summed E-state index contributed by atoms with van der Waals surface area (Å²) in [6, 6.07) is 12.9. The Kier molecular flexibility index (Phi) is 9.17. The van der Waals surface area contributed by atoms with Crippen molar-refractivity contribution in [2.75, 3.05) is 6.26 Å². The zero-order valence-corrected chi connectivity index (χ0v) is 19.6. The molecule has 0 spiro atoms. The molecule has 2 rings (SSSR count). The molecule has 2 amide bonds. The molecule has 0 saturated carbocycles. The first-order valence-electron chi connectivity index (χ1n) is 9.70. The molecule has 178 valence electrons. The van der Waals surface area contributed by atoms with Crippen molar-refractivity contribution in [1.82, 2.24) is 20.8 Å². The Balaban J connectivity index is 2.22. The first kappa shape index (κ1) is 26.1. The maximum Gasteiger partial charge on any atom is 0.250 e. The second-order valence-corrected chi connectivity index (χ2v) is 9.39. The van der Waals surface area contributed by atoms with E-state index < -0.39 is 33.9 Å². The summed E-state index contributed by atoms with van der Waals surface area (Å²) in [6.07, 6.45) is 1.03. The van der Waals surface area contributed by atoms with Crippen LogP contribution in [-0.4, -0.2) is 44.5 Å². The Bertz CT molecular complexity index is 1120. The second kappa shape index (κ2) is 11.6. The minimum absolute atomic E-state index is 0.167. The third-order valence-electron chi connectivity index (χ3n) is 4.51. The minimum atomic E-state index is -3.76. The first-order chi connectivity index (χ1) is 15.5. The van der Waals surface area contributed by atoms with Gasteiger partial charge in [-0.05, 0) is 42.2 Å². The largest absolute Gasteiger partial charge is 0.320 e. The van der Waals surface area contributed by atoms with Gasteiger partial charge in [0.05, 0.1) is 18.3 Å². The van der Waals surface area contributed by atoms with E-state index in [0.717, 1.165) is 22.9 Å². The summed E-state index contributed by atoms with van der Waals surface area (Å²) < 4.78 is 24.6. The van der Waals surface area contributed by atoms with Crippen molar-refractivity contribution >= 4 is 39.4 Å². The number of hydrazone groups is 1. The van der Waals surface area contributed by atoms with Crippen molar-refractivity contribution in [2.45, 2.75) is 25.4 Å². The predicted octanol–water partition coefficient (Wildman–Crippen LogP) is -0.219. The number of carbonyl (C=O) groups excluding carboxylic acids is 2. The highest BCUT2D eigenvalue weighted by Crippen LogP contribution is 2.23. The Morgan fingerprint density at radius 3 is 2.30 bits per heavy atom. The standard InChI is InChI=1S/C20H26ClN7O4S/c1-12(18(29)28-33(2,31)32)24-17(19(30)25-20(26-22)27-23)10-13-6-8-14(9-7-13)15-4-3-5-16(21)11-15/h3-9,11-12,17,24H,10,22-23H2,1-2H3,(H,28,29)(H2,25,26,27,30). The highest BCUT2D eigenvalue weighted by atomic mass is 35.5. The zero-order valence-electron chi connectivity index (χ0n) is 18.0. The molecule has 2 atom stereocenters. The highest BCUT2D eigenvalue weighted by molar-refractivity contribution is 7.89. The van der Waals surface area contributed by atoms with E-state index in [9.17, 15) is 18.0 Å². The molecule has 33 heavy (non-hydrogen) atoms. The van der Waals surface area contributed by atoms with Crippen LogP contribution in [0, 0.1) is 0 Å². The van der Waals surface area contributed by atoms with Crippen LogP contribution < -0.4 is 32.5 Å². The lowest BCUT2D eigenvalue weighted by Gasteiger charge is -2.22. The molecule has 13 heteroatoms. The monoisotopic (exact) mass is 495 g/mol. The van der Waals surface area contributed by atoms with Gasteiger partial charge in [-0.1, -0.05) is 48.0 Å². The lowest BCUT2D eigenvalue weighted by Crippen LogP contribution is -2.56. The SMILES string of the molecule is CC(NC(Cc1ccc(-c2cccc(Cl)c2)cc1)C(=O)N/C(=N\N)NN)C(=O)NS(C)(=O)=O. The third-order valence-corrected chi connectivity index (χ3v) is 5.31. The number of rotatable bonds is 8. The van der Waals surface area contributed by atoms with Crippen LogP contribution in [0.1, 0.15) is 12.5 Å².